The number of anilines is 3. The van der Waals surface area contributed by atoms with Gasteiger partial charge in [-0.2, -0.15) is 13.2 Å². The molecule has 242 valence electrons. The summed E-state index contributed by atoms with van der Waals surface area (Å²) in [4.78, 5) is 4.19. The Kier molecular flexibility index (Phi) is 9.55. The molecule has 7 heteroatoms. The molecular formula is C40H39F3N2O2. The molecule has 0 aromatic heterocycles. The zero-order valence-electron chi connectivity index (χ0n) is 26.9. The number of halogens is 3. The van der Waals surface area contributed by atoms with Crippen LogP contribution in [-0.2, 0) is 24.1 Å². The first kappa shape index (κ1) is 32.2. The summed E-state index contributed by atoms with van der Waals surface area (Å²) in [6.07, 6.45) is -4.43. The van der Waals surface area contributed by atoms with E-state index in [0.29, 0.717) is 25.4 Å². The first-order valence-electron chi connectivity index (χ1n) is 16.2. The monoisotopic (exact) mass is 636 g/mol. The fourth-order valence-electron chi connectivity index (χ4n) is 6.44. The van der Waals surface area contributed by atoms with E-state index < -0.39 is 11.7 Å². The smallest absolute Gasteiger partial charge is 0.416 e. The summed E-state index contributed by atoms with van der Waals surface area (Å²) in [6, 6.07) is 36.2. The van der Waals surface area contributed by atoms with Crippen LogP contribution < -0.4 is 14.5 Å². The number of nitrogens with zero attached hydrogens (tertiary/aromatic N) is 2. The second-order valence-corrected chi connectivity index (χ2v) is 11.6. The van der Waals surface area contributed by atoms with Crippen molar-refractivity contribution >= 4 is 17.1 Å². The highest BCUT2D eigenvalue weighted by molar-refractivity contribution is 5.70. The van der Waals surface area contributed by atoms with Crippen molar-refractivity contribution in [3.8, 4) is 11.5 Å². The zero-order chi connectivity index (χ0) is 33.0. The SMILES string of the molecule is CCN(CC)c1ccc2c(c1)Oc1ccc(N(CC)c3cccc(C(F)(F)F)c3)cc1C2c1ccccc1COCc1ccccc1. The molecule has 0 amide bonds. The summed E-state index contributed by atoms with van der Waals surface area (Å²) in [5.74, 6) is 1.34. The van der Waals surface area contributed by atoms with Crippen molar-refractivity contribution in [2.24, 2.45) is 0 Å². The van der Waals surface area contributed by atoms with E-state index in [9.17, 15) is 13.2 Å². The van der Waals surface area contributed by atoms with E-state index in [1.807, 2.05) is 54.3 Å². The van der Waals surface area contributed by atoms with Gasteiger partial charge in [0.05, 0.1) is 18.8 Å². The normalized spacial score (nSPS) is 13.8. The van der Waals surface area contributed by atoms with E-state index in [1.54, 1.807) is 6.07 Å². The minimum absolute atomic E-state index is 0.184. The second-order valence-electron chi connectivity index (χ2n) is 11.6. The molecule has 4 nitrogen and oxygen atoms in total. The van der Waals surface area contributed by atoms with Gasteiger partial charge in [-0.1, -0.05) is 66.7 Å². The largest absolute Gasteiger partial charge is 0.457 e. The van der Waals surface area contributed by atoms with Crippen LogP contribution in [0.1, 0.15) is 60.1 Å². The van der Waals surface area contributed by atoms with Crippen molar-refractivity contribution in [3.63, 3.8) is 0 Å². The van der Waals surface area contributed by atoms with Crippen LogP contribution in [0.15, 0.2) is 115 Å². The summed E-state index contributed by atoms with van der Waals surface area (Å²) in [5, 5.41) is 0. The minimum atomic E-state index is -4.43. The quantitative estimate of drug-likeness (QED) is 0.141. The number of ether oxygens (including phenoxy) is 2. The number of fused-ring (bicyclic) bond motifs is 2. The molecule has 0 spiro atoms. The Labute approximate surface area is 275 Å². The number of benzene rings is 5. The zero-order valence-corrected chi connectivity index (χ0v) is 26.9. The molecule has 0 bridgehead atoms. The van der Waals surface area contributed by atoms with Crippen LogP contribution >= 0.6 is 0 Å². The van der Waals surface area contributed by atoms with Crippen molar-refractivity contribution in [1.82, 2.24) is 0 Å². The highest BCUT2D eigenvalue weighted by Crippen LogP contribution is 2.50. The predicted molar refractivity (Wildman–Crippen MR) is 183 cm³/mol. The van der Waals surface area contributed by atoms with Crippen molar-refractivity contribution in [2.75, 3.05) is 29.4 Å². The summed E-state index contributed by atoms with van der Waals surface area (Å²) in [6.45, 7) is 9.38. The molecule has 0 aliphatic carbocycles. The molecule has 5 aromatic carbocycles. The van der Waals surface area contributed by atoms with Crippen LogP contribution in [0.5, 0.6) is 11.5 Å². The van der Waals surface area contributed by atoms with Gasteiger partial charge in [0.2, 0.25) is 0 Å². The van der Waals surface area contributed by atoms with Gasteiger partial charge in [-0.05, 0) is 79.9 Å². The average molecular weight is 637 g/mol. The van der Waals surface area contributed by atoms with E-state index >= 15 is 0 Å². The molecule has 0 saturated heterocycles. The lowest BCUT2D eigenvalue weighted by Gasteiger charge is -2.33. The van der Waals surface area contributed by atoms with Crippen molar-refractivity contribution in [2.45, 2.75) is 46.1 Å². The summed E-state index contributed by atoms with van der Waals surface area (Å²) in [7, 11) is 0. The summed E-state index contributed by atoms with van der Waals surface area (Å²) < 4.78 is 53.8. The molecule has 0 N–H and O–H groups in total. The van der Waals surface area contributed by atoms with Crippen molar-refractivity contribution in [1.29, 1.82) is 0 Å². The summed E-state index contributed by atoms with van der Waals surface area (Å²) >= 11 is 0. The number of hydrogen-bond donors (Lipinski definition) is 0. The Bertz CT molecular complexity index is 1820. The Morgan fingerprint density at radius 2 is 1.34 bits per heavy atom. The molecule has 1 aliphatic heterocycles. The third-order valence-electron chi connectivity index (χ3n) is 8.81. The Hall–Kier alpha value is -4.75. The third kappa shape index (κ3) is 6.86. The Balaban J connectivity index is 1.44. The van der Waals surface area contributed by atoms with Crippen molar-refractivity contribution in [3.05, 3.63) is 149 Å². The maximum atomic E-state index is 13.6. The predicted octanol–water partition coefficient (Wildman–Crippen LogP) is 10.7. The summed E-state index contributed by atoms with van der Waals surface area (Å²) in [5.41, 5.74) is 6.94. The number of alkyl halides is 3. The highest BCUT2D eigenvalue weighted by atomic mass is 19.4. The van der Waals surface area contributed by atoms with E-state index in [2.05, 4.69) is 67.3 Å². The standard InChI is InChI=1S/C40H39F3N2O2/c1-4-44(5-2)31-19-21-35-38(25-31)47-37-22-20-33(45(6-3)32-17-12-16-30(23-32)40(41,42)43)24-36(37)39(35)34-18-11-10-15-29(34)27-46-26-28-13-8-7-9-14-28/h7-25,39H,4-6,26-27H2,1-3H3. The van der Waals surface area contributed by atoms with Gasteiger partial charge in [-0.3, -0.25) is 0 Å². The van der Waals surface area contributed by atoms with Gasteiger partial charge in [-0.15, -0.1) is 0 Å². The molecule has 0 radical (unpaired) electrons. The van der Waals surface area contributed by atoms with Crippen LogP contribution in [0, 0.1) is 0 Å². The van der Waals surface area contributed by atoms with E-state index in [4.69, 9.17) is 9.47 Å². The van der Waals surface area contributed by atoms with Gasteiger partial charge >= 0.3 is 6.18 Å². The first-order chi connectivity index (χ1) is 22.8. The van der Waals surface area contributed by atoms with E-state index in [0.717, 1.165) is 69.8 Å². The molecule has 1 unspecified atom stereocenters. The molecule has 47 heavy (non-hydrogen) atoms. The van der Waals surface area contributed by atoms with Crippen LogP contribution in [0.25, 0.3) is 0 Å². The highest BCUT2D eigenvalue weighted by Gasteiger charge is 2.33. The fourth-order valence-corrected chi connectivity index (χ4v) is 6.44. The van der Waals surface area contributed by atoms with Crippen LogP contribution in [0.2, 0.25) is 0 Å². The number of hydrogen-bond acceptors (Lipinski definition) is 4. The molecule has 1 heterocycles. The van der Waals surface area contributed by atoms with Gasteiger partial charge in [0.1, 0.15) is 11.5 Å². The first-order valence-corrected chi connectivity index (χ1v) is 16.2. The molecule has 1 atom stereocenters. The van der Waals surface area contributed by atoms with Gasteiger partial charge in [0.25, 0.3) is 0 Å². The Morgan fingerprint density at radius 3 is 2.09 bits per heavy atom. The molecule has 0 saturated carbocycles. The third-order valence-corrected chi connectivity index (χ3v) is 8.81. The lowest BCUT2D eigenvalue weighted by atomic mass is 9.80. The molecular weight excluding hydrogens is 597 g/mol. The van der Waals surface area contributed by atoms with Crippen LogP contribution in [0.4, 0.5) is 30.2 Å². The fraction of sp³-hybridized carbons (Fsp3) is 0.250. The maximum Gasteiger partial charge on any atom is 0.416 e. The maximum absolute atomic E-state index is 13.6. The number of rotatable bonds is 11. The Morgan fingerprint density at radius 1 is 0.617 bits per heavy atom. The molecule has 6 rings (SSSR count). The lowest BCUT2D eigenvalue weighted by molar-refractivity contribution is -0.137. The van der Waals surface area contributed by atoms with Crippen molar-refractivity contribution < 1.29 is 22.6 Å². The molecule has 0 fully saturated rings. The van der Waals surface area contributed by atoms with Gasteiger partial charge in [0, 0.05) is 59.8 Å². The van der Waals surface area contributed by atoms with E-state index in [-0.39, 0.29) is 5.92 Å². The van der Waals surface area contributed by atoms with E-state index in [1.165, 1.54) is 12.1 Å². The van der Waals surface area contributed by atoms with Gasteiger partial charge in [-0.25, -0.2) is 0 Å². The minimum Gasteiger partial charge on any atom is -0.457 e. The molecule has 5 aromatic rings. The lowest BCUT2D eigenvalue weighted by Crippen LogP contribution is -2.22. The molecule has 1 aliphatic rings. The van der Waals surface area contributed by atoms with Gasteiger partial charge < -0.3 is 19.3 Å². The van der Waals surface area contributed by atoms with Gasteiger partial charge in [0.15, 0.2) is 0 Å². The average Bonchev–Trinajstić information content (AvgIpc) is 3.09. The topological polar surface area (TPSA) is 24.9 Å². The second kappa shape index (κ2) is 13.9. The van der Waals surface area contributed by atoms with Crippen LogP contribution in [0.3, 0.4) is 0 Å². The van der Waals surface area contributed by atoms with Crippen LogP contribution in [-0.4, -0.2) is 19.6 Å².